The quantitative estimate of drug-likeness (QED) is 0.568. The van der Waals surface area contributed by atoms with E-state index in [4.69, 9.17) is 0 Å². The molecule has 4 aliphatic rings. The molecule has 0 aromatic rings. The van der Waals surface area contributed by atoms with Crippen molar-refractivity contribution in [2.45, 2.75) is 92.8 Å². The summed E-state index contributed by atoms with van der Waals surface area (Å²) < 4.78 is 28.6. The van der Waals surface area contributed by atoms with Crippen molar-refractivity contribution in [3.05, 3.63) is 0 Å². The second-order valence-electron chi connectivity index (χ2n) is 8.03. The van der Waals surface area contributed by atoms with Crippen molar-refractivity contribution in [2.24, 2.45) is 0 Å². The molecule has 2 saturated carbocycles. The number of hydrazine groups is 1. The van der Waals surface area contributed by atoms with Crippen molar-refractivity contribution < 1.29 is 8.42 Å². The van der Waals surface area contributed by atoms with Crippen LogP contribution in [0.5, 0.6) is 0 Å². The van der Waals surface area contributed by atoms with Crippen LogP contribution in [-0.4, -0.2) is 53.2 Å². The SMILES string of the molecule is CC1NNC(N2C(C)NC3CCC(S(=O)(=O)NC4(C)CC4)CC32)S1. The lowest BCUT2D eigenvalue weighted by molar-refractivity contribution is 0.138. The van der Waals surface area contributed by atoms with Gasteiger partial charge in [-0.3, -0.25) is 10.2 Å². The zero-order valence-electron chi connectivity index (χ0n) is 14.6. The van der Waals surface area contributed by atoms with Crippen LogP contribution in [0.15, 0.2) is 0 Å². The van der Waals surface area contributed by atoms with Gasteiger partial charge < -0.3 is 0 Å². The molecule has 0 spiro atoms. The molecule has 0 aromatic carbocycles. The average Bonchev–Trinajstić information content (AvgIpc) is 2.92. The van der Waals surface area contributed by atoms with E-state index in [0.717, 1.165) is 25.7 Å². The van der Waals surface area contributed by atoms with Gasteiger partial charge in [-0.2, -0.15) is 0 Å². The van der Waals surface area contributed by atoms with E-state index in [2.05, 4.69) is 39.6 Å². The van der Waals surface area contributed by atoms with E-state index in [1.54, 1.807) is 0 Å². The lowest BCUT2D eigenvalue weighted by atomic mass is 9.90. The van der Waals surface area contributed by atoms with Crippen LogP contribution < -0.4 is 20.9 Å². The Morgan fingerprint density at radius 2 is 1.96 bits per heavy atom. The zero-order chi connectivity index (χ0) is 17.1. The minimum absolute atomic E-state index is 0.182. The molecule has 9 heteroatoms. The first-order chi connectivity index (χ1) is 11.3. The van der Waals surface area contributed by atoms with Gasteiger partial charge in [0.25, 0.3) is 0 Å². The smallest absolute Gasteiger partial charge is 0.215 e. The highest BCUT2D eigenvalue weighted by Crippen LogP contribution is 2.39. The number of fused-ring (bicyclic) bond motifs is 1. The third kappa shape index (κ3) is 3.24. The molecule has 4 fully saturated rings. The Morgan fingerprint density at radius 3 is 2.58 bits per heavy atom. The summed E-state index contributed by atoms with van der Waals surface area (Å²) in [5, 5.41) is 3.75. The molecule has 7 nitrogen and oxygen atoms in total. The number of hydrogen-bond donors (Lipinski definition) is 4. The molecule has 0 radical (unpaired) electrons. The van der Waals surface area contributed by atoms with Crippen LogP contribution in [0.1, 0.15) is 52.9 Å². The zero-order valence-corrected chi connectivity index (χ0v) is 16.2. The Bertz CT molecular complexity index is 597. The maximum atomic E-state index is 12.8. The molecular weight excluding hydrogens is 346 g/mol. The molecule has 4 N–H and O–H groups in total. The molecule has 0 amide bonds. The largest absolute Gasteiger partial charge is 0.298 e. The summed E-state index contributed by atoms with van der Waals surface area (Å²) in [4.78, 5) is 2.42. The number of hydrogen-bond acceptors (Lipinski definition) is 7. The van der Waals surface area contributed by atoms with Gasteiger partial charge in [-0.1, -0.05) is 0 Å². The second-order valence-corrected chi connectivity index (χ2v) is 11.4. The highest BCUT2D eigenvalue weighted by molar-refractivity contribution is 8.00. The summed E-state index contributed by atoms with van der Waals surface area (Å²) in [7, 11) is -3.24. The Labute approximate surface area is 149 Å². The fourth-order valence-corrected chi connectivity index (χ4v) is 7.38. The number of rotatable bonds is 4. The van der Waals surface area contributed by atoms with Crippen molar-refractivity contribution in [1.29, 1.82) is 0 Å². The minimum Gasteiger partial charge on any atom is -0.298 e. The number of thioether (sulfide) groups is 1. The number of nitrogens with zero attached hydrogens (tertiary/aromatic N) is 1. The lowest BCUT2D eigenvalue weighted by Gasteiger charge is -2.38. The van der Waals surface area contributed by atoms with E-state index in [9.17, 15) is 8.42 Å². The van der Waals surface area contributed by atoms with Gasteiger partial charge in [0.1, 0.15) is 5.50 Å². The van der Waals surface area contributed by atoms with Gasteiger partial charge in [-0.05, 0) is 52.9 Å². The minimum atomic E-state index is -3.24. The first kappa shape index (κ1) is 17.5. The molecule has 4 rings (SSSR count). The Morgan fingerprint density at radius 1 is 1.21 bits per heavy atom. The summed E-state index contributed by atoms with van der Waals surface area (Å²) in [5.74, 6) is 0. The number of nitrogens with one attached hydrogen (secondary N) is 4. The molecule has 0 aromatic heterocycles. The van der Waals surface area contributed by atoms with E-state index >= 15 is 0 Å². The topological polar surface area (TPSA) is 85.5 Å². The van der Waals surface area contributed by atoms with Gasteiger partial charge in [0.15, 0.2) is 0 Å². The summed E-state index contributed by atoms with van der Waals surface area (Å²) in [6, 6.07) is 0.653. The number of sulfonamides is 1. The van der Waals surface area contributed by atoms with Gasteiger partial charge >= 0.3 is 0 Å². The highest BCUT2D eigenvalue weighted by atomic mass is 32.2. The first-order valence-corrected chi connectivity index (χ1v) is 11.5. The second kappa shape index (κ2) is 6.07. The van der Waals surface area contributed by atoms with Crippen LogP contribution in [0.4, 0.5) is 0 Å². The molecule has 2 saturated heterocycles. The van der Waals surface area contributed by atoms with Crippen LogP contribution in [0.25, 0.3) is 0 Å². The third-order valence-corrected chi connectivity index (χ3v) is 9.12. The molecule has 2 heterocycles. The van der Waals surface area contributed by atoms with Gasteiger partial charge in [0.05, 0.1) is 16.8 Å². The van der Waals surface area contributed by atoms with Crippen LogP contribution in [0, 0.1) is 0 Å². The van der Waals surface area contributed by atoms with Gasteiger partial charge in [-0.25, -0.2) is 24.0 Å². The standard InChI is InChI=1S/C15H29N5O2S2/c1-9-16-12-5-4-11(24(21,22)19-15(3)6-7-15)8-13(12)20(9)14-18-17-10(2)23-14/h9-14,16-19H,4-8H2,1-3H3. The Kier molecular flexibility index (Phi) is 4.43. The summed E-state index contributed by atoms with van der Waals surface area (Å²) in [5.41, 5.74) is 6.61. The predicted octanol–water partition coefficient (Wildman–Crippen LogP) is 0.470. The lowest BCUT2D eigenvalue weighted by Crippen LogP contribution is -2.54. The molecule has 2 aliphatic heterocycles. The average molecular weight is 376 g/mol. The third-order valence-electron chi connectivity index (χ3n) is 5.90. The molecule has 138 valence electrons. The van der Waals surface area contributed by atoms with E-state index < -0.39 is 10.0 Å². The summed E-state index contributed by atoms with van der Waals surface area (Å²) in [6.45, 7) is 6.32. The van der Waals surface area contributed by atoms with Crippen LogP contribution in [0.3, 0.4) is 0 Å². The van der Waals surface area contributed by atoms with Crippen LogP contribution in [-0.2, 0) is 10.0 Å². The van der Waals surface area contributed by atoms with Gasteiger partial charge in [0.2, 0.25) is 10.0 Å². The molecular formula is C15H29N5O2S2. The van der Waals surface area contributed by atoms with Crippen LogP contribution in [0.2, 0.25) is 0 Å². The molecule has 6 atom stereocenters. The van der Waals surface area contributed by atoms with Gasteiger partial charge in [0, 0.05) is 17.6 Å². The molecule has 6 unspecified atom stereocenters. The molecule has 0 bridgehead atoms. The van der Waals surface area contributed by atoms with Gasteiger partial charge in [-0.15, -0.1) is 11.8 Å². The van der Waals surface area contributed by atoms with E-state index in [0.29, 0.717) is 17.8 Å². The van der Waals surface area contributed by atoms with E-state index in [-0.39, 0.29) is 28.5 Å². The summed E-state index contributed by atoms with van der Waals surface area (Å²) in [6.07, 6.45) is 4.56. The van der Waals surface area contributed by atoms with Crippen molar-refractivity contribution in [3.8, 4) is 0 Å². The normalized spacial score (nSPS) is 45.3. The predicted molar refractivity (Wildman–Crippen MR) is 96.5 cm³/mol. The maximum absolute atomic E-state index is 12.8. The fraction of sp³-hybridized carbons (Fsp3) is 1.00. The first-order valence-electron chi connectivity index (χ1n) is 9.00. The molecule has 24 heavy (non-hydrogen) atoms. The van der Waals surface area contributed by atoms with Crippen molar-refractivity contribution in [3.63, 3.8) is 0 Å². The maximum Gasteiger partial charge on any atom is 0.215 e. The molecule has 2 aliphatic carbocycles. The van der Waals surface area contributed by atoms with Crippen molar-refractivity contribution in [1.82, 2.24) is 25.8 Å². The monoisotopic (exact) mass is 375 g/mol. The fourth-order valence-electron chi connectivity index (χ4n) is 4.29. The van der Waals surface area contributed by atoms with E-state index in [1.807, 2.05) is 18.7 Å². The summed E-state index contributed by atoms with van der Waals surface area (Å²) >= 11 is 1.85. The Balaban J connectivity index is 1.48. The van der Waals surface area contributed by atoms with Crippen molar-refractivity contribution >= 4 is 21.8 Å². The van der Waals surface area contributed by atoms with Crippen LogP contribution >= 0.6 is 11.8 Å². The Hall–Kier alpha value is 0.1000. The van der Waals surface area contributed by atoms with E-state index in [1.165, 1.54) is 0 Å². The van der Waals surface area contributed by atoms with Crippen molar-refractivity contribution in [2.75, 3.05) is 0 Å². The highest BCUT2D eigenvalue weighted by Gasteiger charge is 2.50.